The lowest BCUT2D eigenvalue weighted by molar-refractivity contribution is -0.145. The second kappa shape index (κ2) is 8.17. The number of hydrogen-bond acceptors (Lipinski definition) is 4. The minimum atomic E-state index is -4.44. The van der Waals surface area contributed by atoms with Crippen LogP contribution in [0.2, 0.25) is 0 Å². The molecule has 1 aromatic rings. The number of nitrogens with zero attached hydrogens (tertiary/aromatic N) is 1. The van der Waals surface area contributed by atoms with E-state index in [4.69, 9.17) is 5.26 Å². The van der Waals surface area contributed by atoms with Crippen molar-refractivity contribution in [1.29, 1.82) is 5.26 Å². The lowest BCUT2D eigenvalue weighted by atomic mass is 10.1. The van der Waals surface area contributed by atoms with Crippen LogP contribution in [0.1, 0.15) is 24.0 Å². The summed E-state index contributed by atoms with van der Waals surface area (Å²) >= 11 is 0. The molecule has 5 nitrogen and oxygen atoms in total. The van der Waals surface area contributed by atoms with Crippen LogP contribution in [0.5, 0.6) is 0 Å². The predicted molar refractivity (Wildman–Crippen MR) is 73.9 cm³/mol. The van der Waals surface area contributed by atoms with E-state index in [0.29, 0.717) is 5.56 Å². The van der Waals surface area contributed by atoms with Gasteiger partial charge in [0.1, 0.15) is 6.04 Å². The third-order valence-electron chi connectivity index (χ3n) is 3.01. The molecule has 0 saturated carbocycles. The predicted octanol–water partition coefficient (Wildman–Crippen LogP) is 2.21. The molecule has 0 aliphatic heterocycles. The van der Waals surface area contributed by atoms with E-state index in [2.05, 4.69) is 10.1 Å². The largest absolute Gasteiger partial charge is 0.467 e. The van der Waals surface area contributed by atoms with Gasteiger partial charge in [-0.1, -0.05) is 12.1 Å². The molecule has 1 aromatic carbocycles. The lowest BCUT2D eigenvalue weighted by Crippen LogP contribution is -2.42. The maximum atomic E-state index is 12.4. The molecule has 8 heteroatoms. The summed E-state index contributed by atoms with van der Waals surface area (Å²) in [5, 5.41) is 10.9. The normalized spacial score (nSPS) is 12.1. The average Bonchev–Trinajstić information content (AvgIpc) is 2.50. The van der Waals surface area contributed by atoms with E-state index in [1.54, 1.807) is 0 Å². The van der Waals surface area contributed by atoms with Crippen LogP contribution in [-0.4, -0.2) is 25.0 Å². The summed E-state index contributed by atoms with van der Waals surface area (Å²) in [6.07, 6.45) is -4.46. The Labute approximate surface area is 131 Å². The molecule has 23 heavy (non-hydrogen) atoms. The second-order valence-corrected chi connectivity index (χ2v) is 4.71. The van der Waals surface area contributed by atoms with Crippen LogP contribution < -0.4 is 5.32 Å². The van der Waals surface area contributed by atoms with Crippen molar-refractivity contribution in [3.8, 4) is 6.07 Å². The fraction of sp³-hybridized carbons (Fsp3) is 0.400. The Morgan fingerprint density at radius 2 is 1.91 bits per heavy atom. The summed E-state index contributed by atoms with van der Waals surface area (Å²) < 4.78 is 41.9. The first kappa shape index (κ1) is 18.5. The molecule has 0 bridgehead atoms. The fourth-order valence-electron chi connectivity index (χ4n) is 1.84. The number of esters is 1. The van der Waals surface area contributed by atoms with Crippen molar-refractivity contribution in [2.75, 3.05) is 7.11 Å². The number of amides is 1. The van der Waals surface area contributed by atoms with E-state index in [9.17, 15) is 22.8 Å². The minimum Gasteiger partial charge on any atom is -0.467 e. The smallest absolute Gasteiger partial charge is 0.416 e. The van der Waals surface area contributed by atoms with Crippen molar-refractivity contribution >= 4 is 11.9 Å². The summed E-state index contributed by atoms with van der Waals surface area (Å²) in [5.74, 6) is -1.22. The quantitative estimate of drug-likeness (QED) is 0.812. The first-order valence-corrected chi connectivity index (χ1v) is 6.68. The number of alkyl halides is 3. The molecule has 0 aliphatic carbocycles. The van der Waals surface area contributed by atoms with Gasteiger partial charge in [-0.15, -0.1) is 0 Å². The second-order valence-electron chi connectivity index (χ2n) is 4.71. The highest BCUT2D eigenvalue weighted by atomic mass is 19.4. The monoisotopic (exact) mass is 328 g/mol. The molecule has 1 atom stereocenters. The highest BCUT2D eigenvalue weighted by Crippen LogP contribution is 2.29. The van der Waals surface area contributed by atoms with E-state index in [1.165, 1.54) is 12.1 Å². The Morgan fingerprint density at radius 1 is 1.30 bits per heavy atom. The van der Waals surface area contributed by atoms with Crippen LogP contribution in [0.25, 0.3) is 0 Å². The van der Waals surface area contributed by atoms with Gasteiger partial charge in [0, 0.05) is 6.42 Å². The molecule has 0 heterocycles. The number of benzene rings is 1. The molecule has 124 valence electrons. The van der Waals surface area contributed by atoms with Crippen molar-refractivity contribution < 1.29 is 27.5 Å². The number of methoxy groups -OCH3 is 1. The number of halogens is 3. The molecule has 0 aliphatic rings. The number of rotatable bonds is 6. The summed E-state index contributed by atoms with van der Waals surface area (Å²) in [5.41, 5.74) is -0.428. The van der Waals surface area contributed by atoms with Gasteiger partial charge in [-0.05, 0) is 24.1 Å². The third-order valence-corrected chi connectivity index (χ3v) is 3.01. The molecular formula is C15H15F3N2O3. The first-order chi connectivity index (χ1) is 10.8. The zero-order chi connectivity index (χ0) is 17.5. The Morgan fingerprint density at radius 3 is 2.39 bits per heavy atom. The van der Waals surface area contributed by atoms with E-state index >= 15 is 0 Å². The molecule has 0 radical (unpaired) electrons. The third kappa shape index (κ3) is 5.98. The molecule has 0 spiro atoms. The van der Waals surface area contributed by atoms with E-state index < -0.39 is 29.7 Å². The number of nitriles is 1. The molecule has 0 saturated heterocycles. The minimum absolute atomic E-state index is 0.0559. The number of ether oxygens (including phenoxy) is 1. The Hall–Kier alpha value is -2.56. The lowest BCUT2D eigenvalue weighted by Gasteiger charge is -2.15. The Kier molecular flexibility index (Phi) is 6.57. The first-order valence-electron chi connectivity index (χ1n) is 6.68. The van der Waals surface area contributed by atoms with Gasteiger partial charge in [0.05, 0.1) is 25.2 Å². The van der Waals surface area contributed by atoms with Gasteiger partial charge >= 0.3 is 12.1 Å². The van der Waals surface area contributed by atoms with Crippen LogP contribution in [0.15, 0.2) is 24.3 Å². The van der Waals surface area contributed by atoms with Crippen molar-refractivity contribution in [2.24, 2.45) is 0 Å². The van der Waals surface area contributed by atoms with Gasteiger partial charge < -0.3 is 10.1 Å². The van der Waals surface area contributed by atoms with Gasteiger partial charge in [-0.25, -0.2) is 4.79 Å². The maximum absolute atomic E-state index is 12.4. The standard InChI is InChI=1S/C15H15F3N2O3/c1-23-14(22)12(3-2-8-19)20-13(21)9-10-4-6-11(7-5-10)15(16,17)18/h4-7,12H,2-3,9H2,1H3,(H,20,21)/t12-/m1/s1. The zero-order valence-electron chi connectivity index (χ0n) is 12.3. The molecule has 0 fully saturated rings. The number of nitrogens with one attached hydrogen (secondary N) is 1. The van der Waals surface area contributed by atoms with Crippen LogP contribution in [0, 0.1) is 11.3 Å². The van der Waals surface area contributed by atoms with Crippen LogP contribution in [0.4, 0.5) is 13.2 Å². The van der Waals surface area contributed by atoms with Crippen molar-refractivity contribution in [2.45, 2.75) is 31.5 Å². The maximum Gasteiger partial charge on any atom is 0.416 e. The van der Waals surface area contributed by atoms with Crippen LogP contribution in [-0.2, 0) is 26.9 Å². The highest BCUT2D eigenvalue weighted by molar-refractivity contribution is 5.85. The number of carbonyl (C=O) groups excluding carboxylic acids is 2. The summed E-state index contributed by atoms with van der Waals surface area (Å²) in [7, 11) is 1.16. The number of hydrogen-bond donors (Lipinski definition) is 1. The summed E-state index contributed by atoms with van der Waals surface area (Å²) in [4.78, 5) is 23.4. The van der Waals surface area contributed by atoms with Gasteiger partial charge in [-0.3, -0.25) is 4.79 Å². The summed E-state index contributed by atoms with van der Waals surface area (Å²) in [6, 6.07) is 5.07. The van der Waals surface area contributed by atoms with E-state index in [-0.39, 0.29) is 19.3 Å². The Bertz CT molecular complexity index is 591. The van der Waals surface area contributed by atoms with Crippen molar-refractivity contribution in [3.63, 3.8) is 0 Å². The topological polar surface area (TPSA) is 79.2 Å². The Balaban J connectivity index is 2.67. The molecular weight excluding hydrogens is 313 g/mol. The van der Waals surface area contributed by atoms with E-state index in [0.717, 1.165) is 19.2 Å². The molecule has 1 amide bonds. The van der Waals surface area contributed by atoms with Gasteiger partial charge in [0.15, 0.2) is 0 Å². The zero-order valence-corrected chi connectivity index (χ0v) is 12.3. The number of carbonyl (C=O) groups is 2. The summed E-state index contributed by atoms with van der Waals surface area (Å²) in [6.45, 7) is 0. The molecule has 1 rings (SSSR count). The van der Waals surface area contributed by atoms with Gasteiger partial charge in [0.25, 0.3) is 0 Å². The van der Waals surface area contributed by atoms with Crippen LogP contribution >= 0.6 is 0 Å². The average molecular weight is 328 g/mol. The molecule has 0 unspecified atom stereocenters. The van der Waals surface area contributed by atoms with Gasteiger partial charge in [-0.2, -0.15) is 18.4 Å². The van der Waals surface area contributed by atoms with E-state index in [1.807, 2.05) is 6.07 Å². The van der Waals surface area contributed by atoms with Crippen molar-refractivity contribution in [1.82, 2.24) is 5.32 Å². The van der Waals surface area contributed by atoms with Crippen LogP contribution in [0.3, 0.4) is 0 Å². The SMILES string of the molecule is COC(=O)[C@@H](CCC#N)NC(=O)Cc1ccc(C(F)(F)F)cc1. The van der Waals surface area contributed by atoms with Gasteiger partial charge in [0.2, 0.25) is 5.91 Å². The molecule has 0 aromatic heterocycles. The van der Waals surface area contributed by atoms with Crippen molar-refractivity contribution in [3.05, 3.63) is 35.4 Å². The molecule has 1 N–H and O–H groups in total. The fourth-order valence-corrected chi connectivity index (χ4v) is 1.84. The highest BCUT2D eigenvalue weighted by Gasteiger charge is 2.30.